The number of nitrogens with one attached hydrogen (secondary N) is 1. The molecule has 0 fully saturated rings. The lowest BCUT2D eigenvalue weighted by Crippen LogP contribution is -2.44. The van der Waals surface area contributed by atoms with E-state index >= 15 is 0 Å². The standard InChI is InChI=1S/C14H20BrN3O3/c1-4-17(5-2)14(19)10(3)16-9-11-6-7-12(15)8-13(11)18(20)21/h6-8,10,16H,4-5,9H2,1-3H3. The maximum absolute atomic E-state index is 12.1. The van der Waals surface area contributed by atoms with Crippen molar-refractivity contribution in [3.8, 4) is 0 Å². The lowest BCUT2D eigenvalue weighted by Gasteiger charge is -2.23. The van der Waals surface area contributed by atoms with E-state index in [9.17, 15) is 14.9 Å². The Morgan fingerprint density at radius 1 is 1.43 bits per heavy atom. The van der Waals surface area contributed by atoms with Crippen LogP contribution in [0.1, 0.15) is 26.3 Å². The fourth-order valence-electron chi connectivity index (χ4n) is 2.02. The Kier molecular flexibility index (Phi) is 6.77. The second-order valence-electron chi connectivity index (χ2n) is 4.64. The number of nitrogens with zero attached hydrogens (tertiary/aromatic N) is 2. The van der Waals surface area contributed by atoms with E-state index in [1.807, 2.05) is 13.8 Å². The van der Waals surface area contributed by atoms with E-state index in [0.717, 1.165) is 0 Å². The van der Waals surface area contributed by atoms with Gasteiger partial charge in [0, 0.05) is 35.7 Å². The monoisotopic (exact) mass is 357 g/mol. The number of hydrogen-bond acceptors (Lipinski definition) is 4. The summed E-state index contributed by atoms with van der Waals surface area (Å²) >= 11 is 3.22. The maximum atomic E-state index is 12.1. The van der Waals surface area contributed by atoms with E-state index in [1.54, 1.807) is 24.0 Å². The summed E-state index contributed by atoms with van der Waals surface area (Å²) in [5, 5.41) is 14.1. The van der Waals surface area contributed by atoms with Gasteiger partial charge in [0.15, 0.2) is 0 Å². The third-order valence-corrected chi connectivity index (χ3v) is 3.78. The topological polar surface area (TPSA) is 75.5 Å². The smallest absolute Gasteiger partial charge is 0.275 e. The molecule has 0 aliphatic rings. The van der Waals surface area contributed by atoms with Gasteiger partial charge in [-0.1, -0.05) is 15.9 Å². The highest BCUT2D eigenvalue weighted by atomic mass is 79.9. The quantitative estimate of drug-likeness (QED) is 0.601. The molecule has 0 radical (unpaired) electrons. The van der Waals surface area contributed by atoms with E-state index in [-0.39, 0.29) is 24.2 Å². The Hall–Kier alpha value is -1.47. The largest absolute Gasteiger partial charge is 0.342 e. The summed E-state index contributed by atoms with van der Waals surface area (Å²) in [7, 11) is 0. The summed E-state index contributed by atoms with van der Waals surface area (Å²) in [5.74, 6) is -0.000218. The van der Waals surface area contributed by atoms with Gasteiger partial charge in [-0.2, -0.15) is 0 Å². The molecule has 1 aromatic rings. The molecule has 1 aromatic carbocycles. The number of hydrogen-bond donors (Lipinski definition) is 1. The molecule has 0 saturated heterocycles. The third-order valence-electron chi connectivity index (χ3n) is 3.29. The van der Waals surface area contributed by atoms with Crippen molar-refractivity contribution in [1.29, 1.82) is 0 Å². The Labute approximate surface area is 132 Å². The molecule has 6 nitrogen and oxygen atoms in total. The number of nitro groups is 1. The molecule has 1 unspecified atom stereocenters. The molecule has 1 rings (SSSR count). The van der Waals surface area contributed by atoms with Gasteiger partial charge in [-0.05, 0) is 32.9 Å². The normalized spacial score (nSPS) is 12.0. The number of amides is 1. The van der Waals surface area contributed by atoms with Crippen molar-refractivity contribution in [3.05, 3.63) is 38.3 Å². The highest BCUT2D eigenvalue weighted by Gasteiger charge is 2.19. The number of likely N-dealkylation sites (N-methyl/N-ethyl adjacent to an activating group) is 1. The van der Waals surface area contributed by atoms with Gasteiger partial charge in [0.1, 0.15) is 0 Å². The van der Waals surface area contributed by atoms with Gasteiger partial charge < -0.3 is 10.2 Å². The van der Waals surface area contributed by atoms with Crippen LogP contribution in [-0.4, -0.2) is 34.9 Å². The molecule has 1 N–H and O–H groups in total. The van der Waals surface area contributed by atoms with Gasteiger partial charge in [0.2, 0.25) is 5.91 Å². The Morgan fingerprint density at radius 2 is 2.05 bits per heavy atom. The number of carbonyl (C=O) groups is 1. The van der Waals surface area contributed by atoms with Crippen molar-refractivity contribution in [2.45, 2.75) is 33.4 Å². The zero-order valence-corrected chi connectivity index (χ0v) is 14.0. The van der Waals surface area contributed by atoms with Crippen molar-refractivity contribution in [2.24, 2.45) is 0 Å². The minimum atomic E-state index is -0.418. The summed E-state index contributed by atoms with van der Waals surface area (Å²) in [6.45, 7) is 7.20. The predicted molar refractivity (Wildman–Crippen MR) is 85.0 cm³/mol. The molecule has 0 heterocycles. The second kappa shape index (κ2) is 8.09. The number of nitro benzene ring substituents is 1. The highest BCUT2D eigenvalue weighted by molar-refractivity contribution is 9.10. The molecule has 0 aromatic heterocycles. The van der Waals surface area contributed by atoms with Crippen LogP contribution in [0.2, 0.25) is 0 Å². The fraction of sp³-hybridized carbons (Fsp3) is 0.500. The first kappa shape index (κ1) is 17.6. The summed E-state index contributed by atoms with van der Waals surface area (Å²) in [5.41, 5.74) is 0.599. The van der Waals surface area contributed by atoms with E-state index in [4.69, 9.17) is 0 Å². The average molecular weight is 358 g/mol. The van der Waals surface area contributed by atoms with Gasteiger partial charge in [0.05, 0.1) is 11.0 Å². The molecule has 0 bridgehead atoms. The minimum Gasteiger partial charge on any atom is -0.342 e. The molecule has 7 heteroatoms. The van der Waals surface area contributed by atoms with Crippen LogP contribution in [0.5, 0.6) is 0 Å². The molecule has 116 valence electrons. The first-order valence-corrected chi connectivity index (χ1v) is 7.64. The van der Waals surface area contributed by atoms with E-state index in [1.165, 1.54) is 6.07 Å². The van der Waals surface area contributed by atoms with Crippen molar-refractivity contribution in [2.75, 3.05) is 13.1 Å². The first-order chi connectivity index (χ1) is 9.90. The molecule has 0 aliphatic carbocycles. The lowest BCUT2D eigenvalue weighted by atomic mass is 10.1. The molecule has 0 aliphatic heterocycles. The summed E-state index contributed by atoms with van der Waals surface area (Å²) in [6.07, 6.45) is 0. The number of carbonyl (C=O) groups excluding carboxylic acids is 1. The van der Waals surface area contributed by atoms with Crippen molar-refractivity contribution < 1.29 is 9.72 Å². The molecule has 21 heavy (non-hydrogen) atoms. The van der Waals surface area contributed by atoms with Crippen molar-refractivity contribution in [3.63, 3.8) is 0 Å². The van der Waals surface area contributed by atoms with Crippen LogP contribution in [0.25, 0.3) is 0 Å². The minimum absolute atomic E-state index is 0.000218. The van der Waals surface area contributed by atoms with Gasteiger partial charge in [-0.25, -0.2) is 0 Å². The van der Waals surface area contributed by atoms with Gasteiger partial charge in [0.25, 0.3) is 5.69 Å². The zero-order valence-electron chi connectivity index (χ0n) is 12.4. The van der Waals surface area contributed by atoms with E-state index in [0.29, 0.717) is 23.1 Å². The Morgan fingerprint density at radius 3 is 2.57 bits per heavy atom. The average Bonchev–Trinajstić information content (AvgIpc) is 2.46. The van der Waals surface area contributed by atoms with Gasteiger partial charge in [-0.3, -0.25) is 14.9 Å². The summed E-state index contributed by atoms with van der Waals surface area (Å²) < 4.78 is 0.658. The van der Waals surface area contributed by atoms with Gasteiger partial charge in [-0.15, -0.1) is 0 Å². The summed E-state index contributed by atoms with van der Waals surface area (Å²) in [4.78, 5) is 24.5. The van der Waals surface area contributed by atoms with Crippen LogP contribution in [0, 0.1) is 10.1 Å². The first-order valence-electron chi connectivity index (χ1n) is 6.85. The zero-order chi connectivity index (χ0) is 16.0. The second-order valence-corrected chi connectivity index (χ2v) is 5.56. The van der Waals surface area contributed by atoms with Crippen molar-refractivity contribution in [1.82, 2.24) is 10.2 Å². The Balaban J connectivity index is 2.75. The lowest BCUT2D eigenvalue weighted by molar-refractivity contribution is -0.385. The Bertz CT molecular complexity index is 518. The van der Waals surface area contributed by atoms with Crippen LogP contribution in [0.4, 0.5) is 5.69 Å². The number of rotatable bonds is 7. The fourth-order valence-corrected chi connectivity index (χ4v) is 2.36. The molecule has 1 amide bonds. The van der Waals surface area contributed by atoms with Crippen LogP contribution >= 0.6 is 15.9 Å². The highest BCUT2D eigenvalue weighted by Crippen LogP contribution is 2.23. The molecule has 1 atom stereocenters. The third kappa shape index (κ3) is 4.78. The SMILES string of the molecule is CCN(CC)C(=O)C(C)NCc1ccc(Br)cc1[N+](=O)[O-]. The van der Waals surface area contributed by atoms with Crippen LogP contribution < -0.4 is 5.32 Å². The number of halogens is 1. The van der Waals surface area contributed by atoms with E-state index in [2.05, 4.69) is 21.2 Å². The van der Waals surface area contributed by atoms with Gasteiger partial charge >= 0.3 is 0 Å². The van der Waals surface area contributed by atoms with Crippen molar-refractivity contribution >= 4 is 27.5 Å². The van der Waals surface area contributed by atoms with Crippen LogP contribution in [0.15, 0.2) is 22.7 Å². The van der Waals surface area contributed by atoms with Crippen LogP contribution in [0.3, 0.4) is 0 Å². The molecule has 0 spiro atoms. The maximum Gasteiger partial charge on any atom is 0.275 e. The summed E-state index contributed by atoms with van der Waals surface area (Å²) in [6, 6.07) is 4.52. The van der Waals surface area contributed by atoms with E-state index < -0.39 is 4.92 Å². The molecule has 0 saturated carbocycles. The molecular formula is C14H20BrN3O3. The number of benzene rings is 1. The predicted octanol–water partition coefficient (Wildman–Crippen LogP) is 2.70. The molecular weight excluding hydrogens is 338 g/mol. The van der Waals surface area contributed by atoms with Crippen LogP contribution in [-0.2, 0) is 11.3 Å².